The molecule has 0 aliphatic carbocycles. The molecule has 3 aromatic rings. The van der Waals surface area contributed by atoms with Crippen LogP contribution < -0.4 is 20.7 Å². The number of ether oxygens (including phenoxy) is 1. The van der Waals surface area contributed by atoms with Crippen molar-refractivity contribution in [1.82, 2.24) is 0 Å². The van der Waals surface area contributed by atoms with E-state index in [0.29, 0.717) is 29.4 Å². The van der Waals surface area contributed by atoms with Crippen molar-refractivity contribution in [2.75, 3.05) is 35.6 Å². The molecule has 0 fully saturated rings. The molecule has 9 heteroatoms. The highest BCUT2D eigenvalue weighted by Crippen LogP contribution is 2.27. The van der Waals surface area contributed by atoms with Crippen molar-refractivity contribution in [2.45, 2.75) is 6.61 Å². The summed E-state index contributed by atoms with van der Waals surface area (Å²) in [6.45, 7) is 0.535. The fourth-order valence-electron chi connectivity index (χ4n) is 2.89. The third kappa shape index (κ3) is 6.71. The first kappa shape index (κ1) is 22.6. The maximum atomic E-state index is 12.3. The molecule has 0 bridgehead atoms. The molecule has 0 atom stereocenters. The second kappa shape index (κ2) is 11.3. The molecule has 0 radical (unpaired) electrons. The smallest absolute Gasteiger partial charge is 0.271 e. The van der Waals surface area contributed by atoms with Crippen molar-refractivity contribution in [3.63, 3.8) is 0 Å². The predicted molar refractivity (Wildman–Crippen MR) is 123 cm³/mol. The maximum Gasteiger partial charge on any atom is 0.271 e. The largest absolute Gasteiger partial charge is 0.489 e. The van der Waals surface area contributed by atoms with Crippen LogP contribution in [0.4, 0.5) is 22.7 Å². The third-order valence-electron chi connectivity index (χ3n) is 4.47. The molecule has 0 aliphatic rings. The van der Waals surface area contributed by atoms with Gasteiger partial charge in [-0.2, -0.15) is 0 Å². The molecule has 0 heterocycles. The number of carbonyl (C=O) groups is 1. The molecule has 0 spiro atoms. The van der Waals surface area contributed by atoms with E-state index in [1.54, 1.807) is 24.3 Å². The average molecular weight is 436 g/mol. The van der Waals surface area contributed by atoms with Gasteiger partial charge in [0.05, 0.1) is 29.4 Å². The van der Waals surface area contributed by atoms with Crippen LogP contribution in [0.15, 0.2) is 72.8 Å². The van der Waals surface area contributed by atoms with E-state index in [-0.39, 0.29) is 31.3 Å². The maximum absolute atomic E-state index is 12.3. The molecule has 0 saturated carbocycles. The van der Waals surface area contributed by atoms with Crippen molar-refractivity contribution in [3.05, 3.63) is 88.5 Å². The van der Waals surface area contributed by atoms with Crippen LogP contribution in [0.25, 0.3) is 0 Å². The quantitative estimate of drug-likeness (QED) is 0.267. The highest BCUT2D eigenvalue weighted by Gasteiger charge is 2.12. The predicted octanol–water partition coefficient (Wildman–Crippen LogP) is 3.63. The Morgan fingerprint density at radius 2 is 1.72 bits per heavy atom. The SMILES string of the molecule is O=C(CNc1cc([N+](=O)[O-])ccc1NCCO)Nc1ccc(OCc2ccccc2)cc1. The Labute approximate surface area is 185 Å². The van der Waals surface area contributed by atoms with E-state index in [2.05, 4.69) is 16.0 Å². The summed E-state index contributed by atoms with van der Waals surface area (Å²) in [5, 5.41) is 28.6. The molecule has 4 N–H and O–H groups in total. The molecule has 0 aromatic heterocycles. The van der Waals surface area contributed by atoms with Gasteiger partial charge in [0.15, 0.2) is 0 Å². The van der Waals surface area contributed by atoms with Gasteiger partial charge in [-0.1, -0.05) is 30.3 Å². The minimum absolute atomic E-state index is 0.0953. The van der Waals surface area contributed by atoms with Gasteiger partial charge in [-0.05, 0) is 35.9 Å². The standard InChI is InChI=1S/C23H24N4O5/c28-13-12-24-21-11-8-19(27(30)31)14-22(21)25-15-23(29)26-18-6-9-20(10-7-18)32-16-17-4-2-1-3-5-17/h1-11,14,24-25,28H,12-13,15-16H2,(H,26,29). The molecule has 166 valence electrons. The number of amides is 1. The lowest BCUT2D eigenvalue weighted by Crippen LogP contribution is -2.22. The van der Waals surface area contributed by atoms with Crippen LogP contribution in [0.2, 0.25) is 0 Å². The number of anilines is 3. The van der Waals surface area contributed by atoms with Crippen molar-refractivity contribution >= 4 is 28.7 Å². The number of nitrogens with zero attached hydrogens (tertiary/aromatic N) is 1. The van der Waals surface area contributed by atoms with Crippen LogP contribution in [-0.4, -0.2) is 35.6 Å². The van der Waals surface area contributed by atoms with E-state index in [1.165, 1.54) is 18.2 Å². The second-order valence-corrected chi connectivity index (χ2v) is 6.84. The van der Waals surface area contributed by atoms with Gasteiger partial charge in [-0.15, -0.1) is 0 Å². The number of nitrogens with one attached hydrogen (secondary N) is 3. The van der Waals surface area contributed by atoms with Crippen molar-refractivity contribution in [1.29, 1.82) is 0 Å². The van der Waals surface area contributed by atoms with E-state index >= 15 is 0 Å². The lowest BCUT2D eigenvalue weighted by atomic mass is 10.2. The fraction of sp³-hybridized carbons (Fsp3) is 0.174. The zero-order valence-corrected chi connectivity index (χ0v) is 17.3. The van der Waals surface area contributed by atoms with Crippen LogP contribution in [0.3, 0.4) is 0 Å². The normalized spacial score (nSPS) is 10.3. The Morgan fingerprint density at radius 1 is 0.969 bits per heavy atom. The lowest BCUT2D eigenvalue weighted by molar-refractivity contribution is -0.384. The van der Waals surface area contributed by atoms with Crippen LogP contribution in [0.5, 0.6) is 5.75 Å². The summed E-state index contributed by atoms with van der Waals surface area (Å²) in [7, 11) is 0. The summed E-state index contributed by atoms with van der Waals surface area (Å²) in [6, 6.07) is 21.0. The van der Waals surface area contributed by atoms with E-state index in [0.717, 1.165) is 5.56 Å². The number of nitro groups is 1. The number of aliphatic hydroxyl groups is 1. The summed E-state index contributed by atoms with van der Waals surface area (Å²) in [5.74, 6) is 0.365. The summed E-state index contributed by atoms with van der Waals surface area (Å²) < 4.78 is 5.73. The van der Waals surface area contributed by atoms with Gasteiger partial charge >= 0.3 is 0 Å². The Bertz CT molecular complexity index is 1040. The van der Waals surface area contributed by atoms with Crippen LogP contribution >= 0.6 is 0 Å². The molecular weight excluding hydrogens is 412 g/mol. The topological polar surface area (TPSA) is 126 Å². The minimum atomic E-state index is -0.511. The molecule has 9 nitrogen and oxygen atoms in total. The summed E-state index contributed by atoms with van der Waals surface area (Å²) >= 11 is 0. The number of non-ortho nitro benzene ring substituents is 1. The summed E-state index contributed by atoms with van der Waals surface area (Å²) in [4.78, 5) is 22.9. The third-order valence-corrected chi connectivity index (χ3v) is 4.47. The Kier molecular flexibility index (Phi) is 7.99. The first-order chi connectivity index (χ1) is 15.5. The van der Waals surface area contributed by atoms with E-state index in [9.17, 15) is 14.9 Å². The van der Waals surface area contributed by atoms with Gasteiger partial charge < -0.3 is 25.8 Å². The number of rotatable bonds is 11. The number of aliphatic hydroxyl groups excluding tert-OH is 1. The zero-order chi connectivity index (χ0) is 22.8. The first-order valence-electron chi connectivity index (χ1n) is 9.99. The highest BCUT2D eigenvalue weighted by molar-refractivity contribution is 5.94. The molecular formula is C23H24N4O5. The first-order valence-corrected chi connectivity index (χ1v) is 9.99. The van der Waals surface area contributed by atoms with Gasteiger partial charge in [-0.3, -0.25) is 14.9 Å². The fourth-order valence-corrected chi connectivity index (χ4v) is 2.89. The molecule has 0 unspecified atom stereocenters. The average Bonchev–Trinajstić information content (AvgIpc) is 2.81. The van der Waals surface area contributed by atoms with Gasteiger partial charge in [0, 0.05) is 24.4 Å². The van der Waals surface area contributed by atoms with Gasteiger partial charge in [0.2, 0.25) is 5.91 Å². The van der Waals surface area contributed by atoms with Crippen molar-refractivity contribution in [2.24, 2.45) is 0 Å². The van der Waals surface area contributed by atoms with E-state index < -0.39 is 4.92 Å². The van der Waals surface area contributed by atoms with Gasteiger partial charge in [0.25, 0.3) is 5.69 Å². The lowest BCUT2D eigenvalue weighted by Gasteiger charge is -2.13. The van der Waals surface area contributed by atoms with Crippen LogP contribution in [0, 0.1) is 10.1 Å². The minimum Gasteiger partial charge on any atom is -0.489 e. The number of carbonyl (C=O) groups excluding carboxylic acids is 1. The van der Waals surface area contributed by atoms with E-state index in [1.807, 2.05) is 30.3 Å². The molecule has 3 aromatic carbocycles. The molecule has 32 heavy (non-hydrogen) atoms. The Hall–Kier alpha value is -4.11. The highest BCUT2D eigenvalue weighted by atomic mass is 16.6. The molecule has 0 aliphatic heterocycles. The second-order valence-electron chi connectivity index (χ2n) is 6.84. The molecule has 3 rings (SSSR count). The number of hydrogen-bond donors (Lipinski definition) is 4. The Balaban J connectivity index is 1.54. The monoisotopic (exact) mass is 436 g/mol. The van der Waals surface area contributed by atoms with Crippen molar-refractivity contribution < 1.29 is 19.6 Å². The molecule has 1 amide bonds. The molecule has 0 saturated heterocycles. The Morgan fingerprint density at radius 3 is 2.41 bits per heavy atom. The number of nitro benzene ring substituents is 1. The van der Waals surface area contributed by atoms with Crippen LogP contribution in [-0.2, 0) is 11.4 Å². The number of hydrogen-bond acceptors (Lipinski definition) is 7. The van der Waals surface area contributed by atoms with Crippen LogP contribution in [0.1, 0.15) is 5.56 Å². The van der Waals surface area contributed by atoms with Gasteiger partial charge in [-0.25, -0.2) is 0 Å². The van der Waals surface area contributed by atoms with Crippen molar-refractivity contribution in [3.8, 4) is 5.75 Å². The van der Waals surface area contributed by atoms with E-state index in [4.69, 9.17) is 9.84 Å². The summed E-state index contributed by atoms with van der Waals surface area (Å²) in [6.07, 6.45) is 0. The zero-order valence-electron chi connectivity index (χ0n) is 17.3. The number of benzene rings is 3. The van der Waals surface area contributed by atoms with Gasteiger partial charge in [0.1, 0.15) is 12.4 Å². The summed E-state index contributed by atoms with van der Waals surface area (Å²) in [5.41, 5.74) is 2.50.